The molecule has 3 rings (SSSR count). The van der Waals surface area contributed by atoms with Gasteiger partial charge in [0, 0.05) is 31.1 Å². The Kier molecular flexibility index (Phi) is 3.50. The molecule has 2 unspecified atom stereocenters. The molecule has 1 aromatic rings. The fraction of sp³-hybridized carbons (Fsp3) is 0.786. The molecule has 0 radical (unpaired) electrons. The molecule has 0 spiro atoms. The average Bonchev–Trinajstić information content (AvgIpc) is 3.01. The van der Waals surface area contributed by atoms with E-state index in [1.807, 2.05) is 0 Å². The molecule has 6 nitrogen and oxygen atoms in total. The van der Waals surface area contributed by atoms with E-state index in [1.165, 1.54) is 0 Å². The van der Waals surface area contributed by atoms with Crippen LogP contribution in [0.1, 0.15) is 56.1 Å². The molecule has 2 fully saturated rings. The van der Waals surface area contributed by atoms with E-state index < -0.39 is 0 Å². The Labute approximate surface area is 118 Å². The van der Waals surface area contributed by atoms with Gasteiger partial charge in [0.25, 0.3) is 0 Å². The van der Waals surface area contributed by atoms with Gasteiger partial charge in [-0.3, -0.25) is 9.69 Å². The zero-order chi connectivity index (χ0) is 14.3. The smallest absolute Gasteiger partial charge is 0.309 e. The lowest BCUT2D eigenvalue weighted by Crippen LogP contribution is -2.40. The zero-order valence-corrected chi connectivity index (χ0v) is 12.3. The summed E-state index contributed by atoms with van der Waals surface area (Å²) in [6.07, 6.45) is 2.18. The van der Waals surface area contributed by atoms with Crippen molar-refractivity contribution in [2.75, 3.05) is 13.1 Å². The standard InChI is InChI=1S/C14H22N4O2/c1-8(2)18-6-9(3)11(7-18)15-12(19)14-17-16-13(20-14)10-4-5-10/h8-11H,4-7H2,1-3H3,(H,15,19). The highest BCUT2D eigenvalue weighted by Crippen LogP contribution is 2.38. The van der Waals surface area contributed by atoms with Gasteiger partial charge in [-0.1, -0.05) is 6.92 Å². The molecule has 2 aliphatic rings. The Morgan fingerprint density at radius 2 is 2.10 bits per heavy atom. The van der Waals surface area contributed by atoms with E-state index in [9.17, 15) is 4.79 Å². The number of aromatic nitrogens is 2. The second-order valence-corrected chi connectivity index (χ2v) is 6.32. The Balaban J connectivity index is 1.60. The summed E-state index contributed by atoms with van der Waals surface area (Å²) in [6, 6.07) is 0.658. The minimum Gasteiger partial charge on any atom is -0.417 e. The molecule has 0 bridgehead atoms. The predicted molar refractivity (Wildman–Crippen MR) is 73.4 cm³/mol. The van der Waals surface area contributed by atoms with Gasteiger partial charge in [0.05, 0.1) is 0 Å². The topological polar surface area (TPSA) is 71.3 Å². The molecule has 110 valence electrons. The van der Waals surface area contributed by atoms with Crippen LogP contribution in [0.15, 0.2) is 4.42 Å². The van der Waals surface area contributed by atoms with Gasteiger partial charge in [0.15, 0.2) is 0 Å². The third kappa shape index (κ3) is 2.70. The number of carbonyl (C=O) groups excluding carboxylic acids is 1. The summed E-state index contributed by atoms with van der Waals surface area (Å²) in [4.78, 5) is 14.5. The SMILES string of the molecule is CC1CN(C(C)C)CC1NC(=O)c1nnc(C2CC2)o1. The Bertz CT molecular complexity index is 495. The summed E-state index contributed by atoms with van der Waals surface area (Å²) in [5.41, 5.74) is 0. The Hall–Kier alpha value is -1.43. The van der Waals surface area contributed by atoms with E-state index in [0.717, 1.165) is 25.9 Å². The molecular weight excluding hydrogens is 256 g/mol. The van der Waals surface area contributed by atoms with Crippen molar-refractivity contribution in [2.24, 2.45) is 5.92 Å². The van der Waals surface area contributed by atoms with E-state index in [4.69, 9.17) is 4.42 Å². The van der Waals surface area contributed by atoms with Crippen molar-refractivity contribution in [3.05, 3.63) is 11.8 Å². The van der Waals surface area contributed by atoms with E-state index in [-0.39, 0.29) is 17.8 Å². The average molecular weight is 278 g/mol. The lowest BCUT2D eigenvalue weighted by atomic mass is 10.1. The molecule has 1 aromatic heterocycles. The van der Waals surface area contributed by atoms with Gasteiger partial charge >= 0.3 is 11.8 Å². The molecule has 2 atom stereocenters. The third-order valence-corrected chi connectivity index (χ3v) is 4.25. The van der Waals surface area contributed by atoms with Crippen molar-refractivity contribution >= 4 is 5.91 Å². The number of nitrogens with one attached hydrogen (secondary N) is 1. The molecule has 1 aliphatic heterocycles. The normalized spacial score (nSPS) is 27.2. The fourth-order valence-corrected chi connectivity index (χ4v) is 2.67. The van der Waals surface area contributed by atoms with Crippen molar-refractivity contribution in [3.8, 4) is 0 Å². The first-order valence-electron chi connectivity index (χ1n) is 7.43. The number of hydrogen-bond acceptors (Lipinski definition) is 5. The second kappa shape index (κ2) is 5.16. The van der Waals surface area contributed by atoms with Crippen LogP contribution in [0.25, 0.3) is 0 Å². The van der Waals surface area contributed by atoms with Crippen molar-refractivity contribution < 1.29 is 9.21 Å². The second-order valence-electron chi connectivity index (χ2n) is 6.32. The molecule has 6 heteroatoms. The monoisotopic (exact) mass is 278 g/mol. The molecular formula is C14H22N4O2. The lowest BCUT2D eigenvalue weighted by Gasteiger charge is -2.20. The summed E-state index contributed by atoms with van der Waals surface area (Å²) in [6.45, 7) is 8.42. The highest BCUT2D eigenvalue weighted by Gasteiger charge is 2.34. The molecule has 1 saturated carbocycles. The minimum atomic E-state index is -0.244. The quantitative estimate of drug-likeness (QED) is 0.901. The highest BCUT2D eigenvalue weighted by molar-refractivity contribution is 5.89. The molecule has 20 heavy (non-hydrogen) atoms. The van der Waals surface area contributed by atoms with Crippen LogP contribution in [-0.4, -0.2) is 46.2 Å². The van der Waals surface area contributed by atoms with Gasteiger partial charge in [-0.25, -0.2) is 0 Å². The molecule has 1 N–H and O–H groups in total. The molecule has 0 aromatic carbocycles. The maximum atomic E-state index is 12.2. The van der Waals surface area contributed by atoms with Crippen LogP contribution in [-0.2, 0) is 0 Å². The van der Waals surface area contributed by atoms with Crippen LogP contribution >= 0.6 is 0 Å². The molecule has 1 aliphatic carbocycles. The largest absolute Gasteiger partial charge is 0.417 e. The van der Waals surface area contributed by atoms with Gasteiger partial charge in [-0.05, 0) is 32.6 Å². The van der Waals surface area contributed by atoms with E-state index in [1.54, 1.807) is 0 Å². The van der Waals surface area contributed by atoms with Crippen molar-refractivity contribution in [1.29, 1.82) is 0 Å². The van der Waals surface area contributed by atoms with Crippen LogP contribution in [0.2, 0.25) is 0 Å². The molecule has 2 heterocycles. The van der Waals surface area contributed by atoms with Crippen LogP contribution in [0.5, 0.6) is 0 Å². The highest BCUT2D eigenvalue weighted by atomic mass is 16.4. The first kappa shape index (κ1) is 13.5. The summed E-state index contributed by atoms with van der Waals surface area (Å²) < 4.78 is 5.44. The van der Waals surface area contributed by atoms with Gasteiger partial charge in [-0.15, -0.1) is 10.2 Å². The number of amides is 1. The van der Waals surface area contributed by atoms with E-state index in [2.05, 4.69) is 41.2 Å². The maximum Gasteiger partial charge on any atom is 0.309 e. The summed E-state index contributed by atoms with van der Waals surface area (Å²) in [5.74, 6) is 1.28. The lowest BCUT2D eigenvalue weighted by molar-refractivity contribution is 0.0893. The van der Waals surface area contributed by atoms with Crippen LogP contribution in [0.4, 0.5) is 0 Å². The number of hydrogen-bond donors (Lipinski definition) is 1. The van der Waals surface area contributed by atoms with Crippen molar-refractivity contribution in [3.63, 3.8) is 0 Å². The Morgan fingerprint density at radius 1 is 1.35 bits per heavy atom. The number of nitrogens with zero attached hydrogens (tertiary/aromatic N) is 3. The van der Waals surface area contributed by atoms with Gasteiger partial charge < -0.3 is 9.73 Å². The van der Waals surface area contributed by atoms with E-state index in [0.29, 0.717) is 23.8 Å². The third-order valence-electron chi connectivity index (χ3n) is 4.25. The number of likely N-dealkylation sites (tertiary alicyclic amines) is 1. The predicted octanol–water partition coefficient (Wildman–Crippen LogP) is 1.41. The maximum absolute atomic E-state index is 12.2. The zero-order valence-electron chi connectivity index (χ0n) is 12.3. The number of rotatable bonds is 4. The first-order chi connectivity index (χ1) is 9.54. The van der Waals surface area contributed by atoms with Crippen LogP contribution in [0, 0.1) is 5.92 Å². The van der Waals surface area contributed by atoms with Crippen molar-refractivity contribution in [1.82, 2.24) is 20.4 Å². The number of carbonyl (C=O) groups is 1. The first-order valence-corrected chi connectivity index (χ1v) is 7.43. The summed E-state index contributed by atoms with van der Waals surface area (Å²) in [5, 5.41) is 10.8. The molecule has 1 saturated heterocycles. The molecule has 1 amide bonds. The van der Waals surface area contributed by atoms with Crippen LogP contribution in [0.3, 0.4) is 0 Å². The summed E-state index contributed by atoms with van der Waals surface area (Å²) in [7, 11) is 0. The van der Waals surface area contributed by atoms with Gasteiger partial charge in [0.1, 0.15) is 0 Å². The van der Waals surface area contributed by atoms with Gasteiger partial charge in [0.2, 0.25) is 5.89 Å². The van der Waals surface area contributed by atoms with E-state index >= 15 is 0 Å². The minimum absolute atomic E-state index is 0.0992. The van der Waals surface area contributed by atoms with Crippen molar-refractivity contribution in [2.45, 2.75) is 51.6 Å². The van der Waals surface area contributed by atoms with Crippen LogP contribution < -0.4 is 5.32 Å². The Morgan fingerprint density at radius 3 is 2.70 bits per heavy atom. The van der Waals surface area contributed by atoms with Gasteiger partial charge in [-0.2, -0.15) is 0 Å². The summed E-state index contributed by atoms with van der Waals surface area (Å²) >= 11 is 0. The fourth-order valence-electron chi connectivity index (χ4n) is 2.67.